The Morgan fingerprint density at radius 3 is 2.59 bits per heavy atom. The van der Waals surface area contributed by atoms with Crippen molar-refractivity contribution in [1.82, 2.24) is 9.88 Å². The van der Waals surface area contributed by atoms with Gasteiger partial charge in [-0.1, -0.05) is 25.5 Å². The van der Waals surface area contributed by atoms with Crippen molar-refractivity contribution >= 4 is 17.7 Å². The fourth-order valence-corrected chi connectivity index (χ4v) is 3.63. The highest BCUT2D eigenvalue weighted by molar-refractivity contribution is 5.97. The normalized spacial score (nSPS) is 18.7. The highest BCUT2D eigenvalue weighted by Crippen LogP contribution is 2.39. The number of aromatic amines is 1. The molecule has 2 aromatic rings. The first-order valence-corrected chi connectivity index (χ1v) is 9.81. The molecule has 1 amide bonds. The van der Waals surface area contributed by atoms with E-state index in [1.807, 2.05) is 24.3 Å². The monoisotopic (exact) mass is 398 g/mol. The average Bonchev–Trinajstić information content (AvgIpc) is 3.38. The predicted octanol–water partition coefficient (Wildman–Crippen LogP) is 3.14. The number of carbonyl (C=O) groups is 3. The van der Waals surface area contributed by atoms with E-state index in [9.17, 15) is 14.4 Å². The number of carbonyl (C=O) groups excluding carboxylic acids is 3. The molecule has 1 fully saturated rings. The number of likely N-dealkylation sites (tertiary alicyclic amines) is 1. The van der Waals surface area contributed by atoms with Gasteiger partial charge in [-0.2, -0.15) is 0 Å². The highest BCUT2D eigenvalue weighted by Gasteiger charge is 2.45. The molecule has 1 aliphatic heterocycles. The number of unbranched alkanes of at least 4 members (excludes halogenated alkanes) is 1. The van der Waals surface area contributed by atoms with Crippen LogP contribution < -0.4 is 4.74 Å². The standard InChI is InChI=1S/C22H26N2O5/c1-3-4-12-24-20(26)13-17(21(24)15-7-9-16(28-2)10-8-15)22(27)29-14-19(25)18-6-5-11-23-18/h5-11,17,21,23H,3-4,12-14H2,1-2H3/t17-,21-/m1/s1. The van der Waals surface area contributed by atoms with Crippen LogP contribution in [0.25, 0.3) is 0 Å². The minimum Gasteiger partial charge on any atom is -0.497 e. The maximum Gasteiger partial charge on any atom is 0.312 e. The molecule has 1 aromatic heterocycles. The van der Waals surface area contributed by atoms with Gasteiger partial charge in [0.1, 0.15) is 5.75 Å². The van der Waals surface area contributed by atoms with Crippen molar-refractivity contribution in [3.05, 3.63) is 53.9 Å². The molecule has 2 atom stereocenters. The van der Waals surface area contributed by atoms with Gasteiger partial charge in [0.15, 0.2) is 6.61 Å². The van der Waals surface area contributed by atoms with Crippen LogP contribution in [0.5, 0.6) is 5.75 Å². The summed E-state index contributed by atoms with van der Waals surface area (Å²) in [6.07, 6.45) is 3.51. The number of nitrogens with one attached hydrogen (secondary N) is 1. The second-order valence-electron chi connectivity index (χ2n) is 7.08. The molecule has 0 unspecified atom stereocenters. The van der Waals surface area contributed by atoms with Crippen molar-refractivity contribution in [1.29, 1.82) is 0 Å². The van der Waals surface area contributed by atoms with Gasteiger partial charge in [-0.05, 0) is 36.2 Å². The van der Waals surface area contributed by atoms with Crippen LogP contribution in [0.4, 0.5) is 0 Å². The van der Waals surface area contributed by atoms with Crippen LogP contribution in [0.15, 0.2) is 42.6 Å². The summed E-state index contributed by atoms with van der Waals surface area (Å²) >= 11 is 0. The van der Waals surface area contributed by atoms with Crippen LogP contribution in [0, 0.1) is 5.92 Å². The van der Waals surface area contributed by atoms with Crippen LogP contribution >= 0.6 is 0 Å². The second kappa shape index (κ2) is 9.41. The highest BCUT2D eigenvalue weighted by atomic mass is 16.5. The maximum atomic E-state index is 12.8. The molecule has 29 heavy (non-hydrogen) atoms. The first kappa shape index (κ1) is 20.6. The third-order valence-electron chi connectivity index (χ3n) is 5.19. The molecule has 0 bridgehead atoms. The van der Waals surface area contributed by atoms with Crippen molar-refractivity contribution in [2.24, 2.45) is 5.92 Å². The summed E-state index contributed by atoms with van der Waals surface area (Å²) in [4.78, 5) is 42.1. The largest absolute Gasteiger partial charge is 0.497 e. The molecule has 1 saturated heterocycles. The topological polar surface area (TPSA) is 88.7 Å². The number of rotatable bonds is 9. The Morgan fingerprint density at radius 1 is 1.21 bits per heavy atom. The van der Waals surface area contributed by atoms with E-state index >= 15 is 0 Å². The van der Waals surface area contributed by atoms with Crippen molar-refractivity contribution in [3.8, 4) is 5.75 Å². The lowest BCUT2D eigenvalue weighted by atomic mass is 9.93. The molecule has 1 aromatic carbocycles. The number of benzene rings is 1. The summed E-state index contributed by atoms with van der Waals surface area (Å²) in [7, 11) is 1.59. The summed E-state index contributed by atoms with van der Waals surface area (Å²) in [5, 5.41) is 0. The maximum absolute atomic E-state index is 12.8. The second-order valence-corrected chi connectivity index (χ2v) is 7.08. The molecule has 0 saturated carbocycles. The third-order valence-corrected chi connectivity index (χ3v) is 5.19. The molecule has 7 heteroatoms. The van der Waals surface area contributed by atoms with Gasteiger partial charge in [-0.3, -0.25) is 14.4 Å². The minimum atomic E-state index is -0.649. The summed E-state index contributed by atoms with van der Waals surface area (Å²) in [5.74, 6) is -0.857. The van der Waals surface area contributed by atoms with E-state index in [0.717, 1.165) is 18.4 Å². The fourth-order valence-electron chi connectivity index (χ4n) is 3.63. The van der Waals surface area contributed by atoms with E-state index in [4.69, 9.17) is 9.47 Å². The van der Waals surface area contributed by atoms with Gasteiger partial charge in [0.25, 0.3) is 0 Å². The summed E-state index contributed by atoms with van der Waals surface area (Å²) in [6, 6.07) is 10.3. The van der Waals surface area contributed by atoms with Crippen LogP contribution in [-0.2, 0) is 14.3 Å². The first-order valence-electron chi connectivity index (χ1n) is 9.81. The number of nitrogens with zero attached hydrogens (tertiary/aromatic N) is 1. The van der Waals surface area contributed by atoms with Gasteiger partial charge in [0.2, 0.25) is 11.7 Å². The van der Waals surface area contributed by atoms with Crippen LogP contribution in [0.2, 0.25) is 0 Å². The Hall–Kier alpha value is -3.09. The Morgan fingerprint density at radius 2 is 1.97 bits per heavy atom. The summed E-state index contributed by atoms with van der Waals surface area (Å²) in [5.41, 5.74) is 1.24. The number of amides is 1. The lowest BCUT2D eigenvalue weighted by Gasteiger charge is -2.28. The van der Waals surface area contributed by atoms with E-state index in [1.54, 1.807) is 30.3 Å². The molecule has 1 N–H and O–H groups in total. The smallest absolute Gasteiger partial charge is 0.312 e. The number of esters is 1. The van der Waals surface area contributed by atoms with Gasteiger partial charge >= 0.3 is 5.97 Å². The Bertz CT molecular complexity index is 845. The van der Waals surface area contributed by atoms with E-state index in [0.29, 0.717) is 18.0 Å². The first-order chi connectivity index (χ1) is 14.0. The SMILES string of the molecule is CCCCN1C(=O)C[C@@H](C(=O)OCC(=O)c2ccc[nH]2)[C@H]1c1ccc(OC)cc1. The van der Waals surface area contributed by atoms with E-state index in [-0.39, 0.29) is 24.7 Å². The van der Waals surface area contributed by atoms with Crippen LogP contribution in [0.3, 0.4) is 0 Å². The number of Topliss-reactive ketones (excluding diaryl/α,β-unsaturated/α-hetero) is 1. The Kier molecular flexibility index (Phi) is 6.69. The molecule has 154 valence electrons. The lowest BCUT2D eigenvalue weighted by molar-refractivity contribution is -0.148. The number of aromatic nitrogens is 1. The number of ketones is 1. The number of methoxy groups -OCH3 is 1. The number of hydrogen-bond donors (Lipinski definition) is 1. The quantitative estimate of drug-likeness (QED) is 0.518. The molecule has 2 heterocycles. The zero-order valence-electron chi connectivity index (χ0n) is 16.7. The third kappa shape index (κ3) is 4.67. The van der Waals surface area contributed by atoms with Crippen molar-refractivity contribution in [3.63, 3.8) is 0 Å². The number of hydrogen-bond acceptors (Lipinski definition) is 5. The van der Waals surface area contributed by atoms with Gasteiger partial charge in [0, 0.05) is 19.2 Å². The molecular weight excluding hydrogens is 372 g/mol. The van der Waals surface area contributed by atoms with E-state index in [1.165, 1.54) is 0 Å². The number of H-pyrrole nitrogens is 1. The van der Waals surface area contributed by atoms with Gasteiger partial charge < -0.3 is 19.4 Å². The van der Waals surface area contributed by atoms with Crippen LogP contribution in [-0.4, -0.2) is 47.8 Å². The van der Waals surface area contributed by atoms with Gasteiger partial charge in [-0.15, -0.1) is 0 Å². The Labute approximate surface area is 170 Å². The molecule has 0 spiro atoms. The zero-order valence-corrected chi connectivity index (χ0v) is 16.7. The van der Waals surface area contributed by atoms with E-state index in [2.05, 4.69) is 11.9 Å². The molecule has 3 rings (SSSR count). The molecule has 7 nitrogen and oxygen atoms in total. The van der Waals surface area contributed by atoms with E-state index < -0.39 is 17.9 Å². The average molecular weight is 398 g/mol. The van der Waals surface area contributed by atoms with Gasteiger partial charge in [0.05, 0.1) is 24.8 Å². The fraction of sp³-hybridized carbons (Fsp3) is 0.409. The van der Waals surface area contributed by atoms with Crippen LogP contribution in [0.1, 0.15) is 48.3 Å². The van der Waals surface area contributed by atoms with Gasteiger partial charge in [-0.25, -0.2) is 0 Å². The molecule has 0 aliphatic carbocycles. The Balaban J connectivity index is 1.77. The lowest BCUT2D eigenvalue weighted by Crippen LogP contribution is -2.32. The molecule has 1 aliphatic rings. The van der Waals surface area contributed by atoms with Crippen molar-refractivity contribution in [2.45, 2.75) is 32.2 Å². The summed E-state index contributed by atoms with van der Waals surface area (Å²) < 4.78 is 10.5. The summed E-state index contributed by atoms with van der Waals surface area (Å²) in [6.45, 7) is 2.28. The van der Waals surface area contributed by atoms with Crippen molar-refractivity contribution < 1.29 is 23.9 Å². The molecule has 0 radical (unpaired) electrons. The van der Waals surface area contributed by atoms with Crippen molar-refractivity contribution in [2.75, 3.05) is 20.3 Å². The molecular formula is C22H26N2O5. The minimum absolute atomic E-state index is 0.0723. The number of ether oxygens (including phenoxy) is 2. The predicted molar refractivity (Wildman–Crippen MR) is 107 cm³/mol. The zero-order chi connectivity index (χ0) is 20.8.